The maximum absolute atomic E-state index is 12.3. The molecule has 0 unspecified atom stereocenters. The van der Waals surface area contributed by atoms with Gasteiger partial charge in [-0.15, -0.1) is 4.72 Å². The summed E-state index contributed by atoms with van der Waals surface area (Å²) in [6.07, 6.45) is -7.07. The minimum Gasteiger partial charge on any atom is -0.273 e. The normalized spacial score (nSPS) is 15.9. The predicted molar refractivity (Wildman–Crippen MR) is 35.6 cm³/mol. The Labute approximate surface area is 92.6 Å². The molecule has 0 radical (unpaired) electrons. The zero-order valence-electron chi connectivity index (χ0n) is 7.57. The molecule has 110 valence electrons. The minimum atomic E-state index is -7.23. The minimum absolute atomic E-state index is 0.722. The molecular weight excluding hydrogens is 313 g/mol. The Kier molecular flexibility index (Phi) is 3.95. The Morgan fingerprint density at radius 1 is 0.778 bits per heavy atom. The van der Waals surface area contributed by atoms with Crippen LogP contribution >= 0.6 is 0 Å². The summed E-state index contributed by atoms with van der Waals surface area (Å²) >= 11 is 0. The van der Waals surface area contributed by atoms with Crippen molar-refractivity contribution in [3.05, 3.63) is 0 Å². The highest BCUT2D eigenvalue weighted by Gasteiger charge is 2.82. The maximum Gasteiger partial charge on any atom is 0.460 e. The third-order valence-electron chi connectivity index (χ3n) is 1.40. The summed E-state index contributed by atoms with van der Waals surface area (Å²) < 4.78 is 135. The summed E-state index contributed by atoms with van der Waals surface area (Å²) in [6.45, 7) is 0. The average Bonchev–Trinajstić information content (AvgIpc) is 1.95. The molecule has 0 aliphatic heterocycles. The average molecular weight is 315 g/mol. The lowest BCUT2D eigenvalue weighted by molar-refractivity contribution is -0.397. The zero-order chi connectivity index (χ0) is 15.2. The van der Waals surface area contributed by atoms with Crippen molar-refractivity contribution < 1.29 is 52.5 Å². The van der Waals surface area contributed by atoms with Crippen LogP contribution in [0.1, 0.15) is 0 Å². The SMILES string of the molecule is O=S(=O)(O)NC(F)(F)C(F)(F)C(F)(F)C(F)(F)F. The van der Waals surface area contributed by atoms with Gasteiger partial charge < -0.3 is 0 Å². The Hall–Kier alpha value is -0.760. The number of halogens is 9. The molecule has 0 aliphatic carbocycles. The fourth-order valence-corrected chi connectivity index (χ4v) is 1.05. The van der Waals surface area contributed by atoms with Crippen LogP contribution in [0.15, 0.2) is 0 Å². The number of rotatable bonds is 4. The summed E-state index contributed by atoms with van der Waals surface area (Å²) in [5.74, 6) is -14.4. The molecule has 0 fully saturated rings. The molecule has 4 nitrogen and oxygen atoms in total. The van der Waals surface area contributed by atoms with E-state index in [-0.39, 0.29) is 0 Å². The molecule has 0 bridgehead atoms. The van der Waals surface area contributed by atoms with Crippen LogP contribution in [0.5, 0.6) is 0 Å². The Bertz CT molecular complexity index is 412. The van der Waals surface area contributed by atoms with E-state index >= 15 is 0 Å². The van der Waals surface area contributed by atoms with E-state index in [4.69, 9.17) is 4.55 Å². The molecule has 0 aliphatic rings. The van der Waals surface area contributed by atoms with Crippen molar-refractivity contribution in [2.24, 2.45) is 0 Å². The lowest BCUT2D eigenvalue weighted by Crippen LogP contribution is -2.66. The van der Waals surface area contributed by atoms with Crippen LogP contribution in [-0.4, -0.2) is 37.0 Å². The first-order chi connectivity index (χ1) is 7.46. The summed E-state index contributed by atoms with van der Waals surface area (Å²) in [7, 11) is -6.15. The molecule has 0 spiro atoms. The molecule has 0 saturated heterocycles. The van der Waals surface area contributed by atoms with Crippen LogP contribution < -0.4 is 4.72 Å². The standard InChI is InChI=1S/C4H2F9NO3S/c5-1(6,3(9,10)11)2(7,8)4(12,13)14-18(15,16)17/h14H,(H,15,16,17). The molecule has 14 heteroatoms. The van der Waals surface area contributed by atoms with Gasteiger partial charge in [-0.25, -0.2) is 0 Å². The van der Waals surface area contributed by atoms with E-state index in [1.165, 1.54) is 0 Å². The Balaban J connectivity index is 5.64. The van der Waals surface area contributed by atoms with E-state index in [0.717, 1.165) is 0 Å². The fraction of sp³-hybridized carbons (Fsp3) is 1.00. The molecule has 0 amide bonds. The van der Waals surface area contributed by atoms with Gasteiger partial charge in [-0.3, -0.25) is 4.55 Å². The summed E-state index contributed by atoms with van der Waals surface area (Å²) in [6, 6.07) is -6.57. The van der Waals surface area contributed by atoms with Crippen molar-refractivity contribution in [3.8, 4) is 0 Å². The second-order valence-electron chi connectivity index (χ2n) is 2.80. The van der Waals surface area contributed by atoms with Gasteiger partial charge in [0.05, 0.1) is 0 Å². The fourth-order valence-electron chi connectivity index (χ4n) is 0.601. The third-order valence-corrected chi connectivity index (χ3v) is 1.92. The van der Waals surface area contributed by atoms with E-state index in [1.807, 2.05) is 0 Å². The van der Waals surface area contributed by atoms with Crippen molar-refractivity contribution >= 4 is 10.3 Å². The smallest absolute Gasteiger partial charge is 0.273 e. The van der Waals surface area contributed by atoms with Crippen LogP contribution in [0.25, 0.3) is 0 Å². The van der Waals surface area contributed by atoms with Crippen LogP contribution in [0.4, 0.5) is 39.5 Å². The van der Waals surface area contributed by atoms with Gasteiger partial charge in [0.2, 0.25) is 0 Å². The van der Waals surface area contributed by atoms with Crippen molar-refractivity contribution in [2.45, 2.75) is 24.1 Å². The highest BCUT2D eigenvalue weighted by Crippen LogP contribution is 2.52. The lowest BCUT2D eigenvalue weighted by Gasteiger charge is -2.32. The molecule has 0 rings (SSSR count). The molecule has 0 aromatic carbocycles. The first kappa shape index (κ1) is 17.2. The lowest BCUT2D eigenvalue weighted by atomic mass is 10.1. The van der Waals surface area contributed by atoms with Crippen molar-refractivity contribution in [2.75, 3.05) is 0 Å². The highest BCUT2D eigenvalue weighted by molar-refractivity contribution is 7.83. The molecule has 0 atom stereocenters. The number of alkyl halides is 9. The van der Waals surface area contributed by atoms with Crippen LogP contribution in [0, 0.1) is 0 Å². The molecule has 0 aromatic rings. The Morgan fingerprint density at radius 2 is 1.11 bits per heavy atom. The largest absolute Gasteiger partial charge is 0.460 e. The predicted octanol–water partition coefficient (Wildman–Crippen LogP) is 1.80. The van der Waals surface area contributed by atoms with E-state index in [1.54, 1.807) is 0 Å². The van der Waals surface area contributed by atoms with Gasteiger partial charge in [-0.05, 0) is 0 Å². The van der Waals surface area contributed by atoms with Gasteiger partial charge in [-0.1, -0.05) is 0 Å². The van der Waals surface area contributed by atoms with Crippen LogP contribution in [0.2, 0.25) is 0 Å². The van der Waals surface area contributed by atoms with Crippen molar-refractivity contribution in [3.63, 3.8) is 0 Å². The highest BCUT2D eigenvalue weighted by atomic mass is 32.2. The molecule has 2 N–H and O–H groups in total. The van der Waals surface area contributed by atoms with E-state index < -0.39 is 39.1 Å². The molecular formula is C4H2F9NO3S. The summed E-state index contributed by atoms with van der Waals surface area (Å²) in [5.41, 5.74) is 0. The second kappa shape index (κ2) is 4.12. The molecule has 0 aromatic heterocycles. The first-order valence-corrected chi connectivity index (χ1v) is 4.86. The third kappa shape index (κ3) is 2.97. The van der Waals surface area contributed by atoms with Gasteiger partial charge in [-0.2, -0.15) is 47.9 Å². The summed E-state index contributed by atoms with van der Waals surface area (Å²) in [5, 5.41) is 0. The van der Waals surface area contributed by atoms with E-state index in [9.17, 15) is 47.9 Å². The van der Waals surface area contributed by atoms with Gasteiger partial charge in [0.25, 0.3) is 0 Å². The topological polar surface area (TPSA) is 66.4 Å². The van der Waals surface area contributed by atoms with Crippen molar-refractivity contribution in [1.29, 1.82) is 0 Å². The van der Waals surface area contributed by atoms with Gasteiger partial charge in [0.1, 0.15) is 0 Å². The molecule has 0 saturated carbocycles. The van der Waals surface area contributed by atoms with Crippen LogP contribution in [0.3, 0.4) is 0 Å². The van der Waals surface area contributed by atoms with Crippen LogP contribution in [-0.2, 0) is 10.3 Å². The Morgan fingerprint density at radius 3 is 1.33 bits per heavy atom. The number of nitrogens with one attached hydrogen (secondary N) is 1. The maximum atomic E-state index is 12.3. The number of hydrogen-bond acceptors (Lipinski definition) is 2. The zero-order valence-corrected chi connectivity index (χ0v) is 8.39. The van der Waals surface area contributed by atoms with Gasteiger partial charge in [0, 0.05) is 0 Å². The van der Waals surface area contributed by atoms with E-state index in [2.05, 4.69) is 0 Å². The van der Waals surface area contributed by atoms with Gasteiger partial charge in [0.15, 0.2) is 0 Å². The summed E-state index contributed by atoms with van der Waals surface area (Å²) in [4.78, 5) is 0. The van der Waals surface area contributed by atoms with E-state index in [0.29, 0.717) is 0 Å². The number of hydrogen-bond donors (Lipinski definition) is 2. The molecule has 18 heavy (non-hydrogen) atoms. The monoisotopic (exact) mass is 315 g/mol. The first-order valence-electron chi connectivity index (χ1n) is 3.42. The quantitative estimate of drug-likeness (QED) is 0.472. The van der Waals surface area contributed by atoms with Gasteiger partial charge >= 0.3 is 34.4 Å². The molecule has 0 heterocycles. The second-order valence-corrected chi connectivity index (χ2v) is 3.95. The van der Waals surface area contributed by atoms with Crippen molar-refractivity contribution in [1.82, 2.24) is 4.72 Å².